The Hall–Kier alpha value is -1.70. The van der Waals surface area contributed by atoms with Crippen LogP contribution in [0, 0.1) is 5.41 Å². The summed E-state index contributed by atoms with van der Waals surface area (Å²) in [4.78, 5) is 25.0. The zero-order chi connectivity index (χ0) is 14.0. The summed E-state index contributed by atoms with van der Waals surface area (Å²) in [7, 11) is 0. The number of hydrogen-bond donors (Lipinski definition) is 2. The molecule has 1 aromatic heterocycles. The van der Waals surface area contributed by atoms with Crippen LogP contribution in [0.5, 0.6) is 0 Å². The van der Waals surface area contributed by atoms with Crippen LogP contribution in [0.15, 0.2) is 5.51 Å². The van der Waals surface area contributed by atoms with Gasteiger partial charge >= 0.3 is 12.0 Å². The number of carboxylic acid groups (broad SMARTS) is 1. The number of urea groups is 1. The molecule has 8 heteroatoms. The van der Waals surface area contributed by atoms with Crippen LogP contribution in [-0.4, -0.2) is 44.8 Å². The van der Waals surface area contributed by atoms with Gasteiger partial charge in [0.25, 0.3) is 0 Å². The zero-order valence-electron chi connectivity index (χ0n) is 10.8. The number of nitrogens with one attached hydrogen (secondary N) is 1. The third kappa shape index (κ3) is 2.83. The maximum atomic E-state index is 12.2. The molecule has 1 fully saturated rings. The topological polar surface area (TPSA) is 95.4 Å². The van der Waals surface area contributed by atoms with Gasteiger partial charge in [-0.25, -0.2) is 9.59 Å². The Morgan fingerprint density at radius 2 is 2.32 bits per heavy atom. The molecule has 1 aliphatic heterocycles. The minimum atomic E-state index is -0.975. The third-order valence-electron chi connectivity index (χ3n) is 3.34. The fourth-order valence-electron chi connectivity index (χ4n) is 2.47. The van der Waals surface area contributed by atoms with Crippen LogP contribution in [0.25, 0.3) is 0 Å². The summed E-state index contributed by atoms with van der Waals surface area (Å²) in [5, 5.41) is 19.7. The van der Waals surface area contributed by atoms with Crippen LogP contribution < -0.4 is 5.32 Å². The fraction of sp³-hybridized carbons (Fsp3) is 0.636. The Kier molecular flexibility index (Phi) is 3.70. The van der Waals surface area contributed by atoms with E-state index in [2.05, 4.69) is 15.5 Å². The first-order chi connectivity index (χ1) is 8.92. The SMILES string of the molecule is CC1(C)CCCN(C(=O)Nc2nncs2)C1C(=O)O. The maximum Gasteiger partial charge on any atom is 0.327 e. The van der Waals surface area contributed by atoms with E-state index in [9.17, 15) is 14.7 Å². The standard InChI is InChI=1S/C11H16N4O3S/c1-11(2)4-3-5-15(7(11)8(16)17)10(18)13-9-14-12-6-19-9/h6-7H,3-5H2,1-2H3,(H,16,17)(H,13,14,18). The molecular weight excluding hydrogens is 268 g/mol. The van der Waals surface area contributed by atoms with Crippen molar-refractivity contribution in [2.24, 2.45) is 5.41 Å². The van der Waals surface area contributed by atoms with Crippen molar-refractivity contribution in [2.75, 3.05) is 11.9 Å². The molecule has 0 radical (unpaired) electrons. The number of amides is 2. The van der Waals surface area contributed by atoms with Crippen LogP contribution >= 0.6 is 11.3 Å². The Morgan fingerprint density at radius 1 is 1.58 bits per heavy atom. The van der Waals surface area contributed by atoms with Crippen molar-refractivity contribution in [1.29, 1.82) is 0 Å². The first-order valence-electron chi connectivity index (χ1n) is 5.98. The quantitative estimate of drug-likeness (QED) is 0.860. The van der Waals surface area contributed by atoms with E-state index in [1.807, 2.05) is 13.8 Å². The van der Waals surface area contributed by atoms with Gasteiger partial charge in [0, 0.05) is 6.54 Å². The summed E-state index contributed by atoms with van der Waals surface area (Å²) in [5.74, 6) is -0.975. The van der Waals surface area contributed by atoms with Crippen LogP contribution in [-0.2, 0) is 4.79 Å². The van der Waals surface area contributed by atoms with E-state index >= 15 is 0 Å². The second-order valence-corrected chi connectivity index (χ2v) is 6.03. The number of piperidine rings is 1. The Morgan fingerprint density at radius 3 is 2.89 bits per heavy atom. The first kappa shape index (κ1) is 13.7. The molecule has 0 bridgehead atoms. The molecule has 1 atom stereocenters. The number of aromatic nitrogens is 2. The highest BCUT2D eigenvalue weighted by atomic mass is 32.1. The summed E-state index contributed by atoms with van der Waals surface area (Å²) in [6.45, 7) is 4.18. The fourth-order valence-corrected chi connectivity index (χ4v) is 2.90. The highest BCUT2D eigenvalue weighted by molar-refractivity contribution is 7.13. The molecule has 0 aliphatic carbocycles. The smallest absolute Gasteiger partial charge is 0.327 e. The van der Waals surface area contributed by atoms with Crippen molar-refractivity contribution in [3.05, 3.63) is 5.51 Å². The summed E-state index contributed by atoms with van der Waals surface area (Å²) in [6.07, 6.45) is 1.58. The monoisotopic (exact) mass is 284 g/mol. The second kappa shape index (κ2) is 5.12. The van der Waals surface area contributed by atoms with Crippen molar-refractivity contribution < 1.29 is 14.7 Å². The molecule has 104 valence electrons. The molecule has 7 nitrogen and oxygen atoms in total. The molecule has 1 aromatic rings. The highest BCUT2D eigenvalue weighted by Gasteiger charge is 2.44. The molecule has 1 unspecified atom stereocenters. The average Bonchev–Trinajstić information content (AvgIpc) is 2.79. The number of hydrogen-bond acceptors (Lipinski definition) is 5. The van der Waals surface area contributed by atoms with Crippen molar-refractivity contribution >= 4 is 28.5 Å². The number of carbonyl (C=O) groups is 2. The molecule has 2 heterocycles. The number of rotatable bonds is 2. The van der Waals surface area contributed by atoms with Crippen molar-refractivity contribution in [3.8, 4) is 0 Å². The predicted molar refractivity (Wildman–Crippen MR) is 70.1 cm³/mol. The van der Waals surface area contributed by atoms with Gasteiger partial charge < -0.3 is 10.0 Å². The van der Waals surface area contributed by atoms with Gasteiger partial charge in [0.15, 0.2) is 0 Å². The van der Waals surface area contributed by atoms with Gasteiger partial charge in [0.1, 0.15) is 11.6 Å². The normalized spacial score (nSPS) is 22.0. The summed E-state index contributed by atoms with van der Waals surface area (Å²) >= 11 is 1.20. The molecule has 2 rings (SSSR count). The number of anilines is 1. The number of nitrogens with zero attached hydrogens (tertiary/aromatic N) is 3. The summed E-state index contributed by atoms with van der Waals surface area (Å²) < 4.78 is 0. The van der Waals surface area contributed by atoms with E-state index < -0.39 is 23.5 Å². The van der Waals surface area contributed by atoms with Crippen LogP contribution in [0.2, 0.25) is 0 Å². The largest absolute Gasteiger partial charge is 0.480 e. The number of likely N-dealkylation sites (tertiary alicyclic amines) is 1. The van der Waals surface area contributed by atoms with E-state index in [0.717, 1.165) is 12.8 Å². The van der Waals surface area contributed by atoms with E-state index in [-0.39, 0.29) is 0 Å². The van der Waals surface area contributed by atoms with E-state index in [0.29, 0.717) is 11.7 Å². The molecule has 0 saturated carbocycles. The lowest BCUT2D eigenvalue weighted by molar-refractivity contribution is -0.148. The van der Waals surface area contributed by atoms with E-state index in [1.165, 1.54) is 21.7 Å². The minimum absolute atomic E-state index is 0.373. The molecule has 1 saturated heterocycles. The minimum Gasteiger partial charge on any atom is -0.480 e. The first-order valence-corrected chi connectivity index (χ1v) is 6.86. The lowest BCUT2D eigenvalue weighted by atomic mass is 9.76. The van der Waals surface area contributed by atoms with Gasteiger partial charge in [-0.3, -0.25) is 5.32 Å². The maximum absolute atomic E-state index is 12.2. The lowest BCUT2D eigenvalue weighted by Crippen LogP contribution is -2.57. The Balaban J connectivity index is 2.16. The predicted octanol–water partition coefficient (Wildman–Crippen LogP) is 1.65. The van der Waals surface area contributed by atoms with Crippen LogP contribution in [0.4, 0.5) is 9.93 Å². The van der Waals surface area contributed by atoms with E-state index in [1.54, 1.807) is 0 Å². The number of aliphatic carboxylic acids is 1. The van der Waals surface area contributed by atoms with Crippen molar-refractivity contribution in [2.45, 2.75) is 32.7 Å². The average molecular weight is 284 g/mol. The van der Waals surface area contributed by atoms with Gasteiger partial charge in [-0.2, -0.15) is 0 Å². The molecule has 2 N–H and O–H groups in total. The summed E-state index contributed by atoms with van der Waals surface area (Å²) in [5.41, 5.74) is 1.06. The third-order valence-corrected chi connectivity index (χ3v) is 3.95. The lowest BCUT2D eigenvalue weighted by Gasteiger charge is -2.43. The van der Waals surface area contributed by atoms with Crippen LogP contribution in [0.3, 0.4) is 0 Å². The molecule has 0 aromatic carbocycles. The summed E-state index contributed by atoms with van der Waals surface area (Å²) in [6, 6.07) is -1.26. The number of carboxylic acids is 1. The molecule has 0 spiro atoms. The molecule has 2 amide bonds. The van der Waals surface area contributed by atoms with E-state index in [4.69, 9.17) is 0 Å². The van der Waals surface area contributed by atoms with Gasteiger partial charge in [0.05, 0.1) is 0 Å². The van der Waals surface area contributed by atoms with Gasteiger partial charge in [-0.05, 0) is 18.3 Å². The van der Waals surface area contributed by atoms with Crippen LogP contribution in [0.1, 0.15) is 26.7 Å². The van der Waals surface area contributed by atoms with Crippen molar-refractivity contribution in [1.82, 2.24) is 15.1 Å². The molecule has 19 heavy (non-hydrogen) atoms. The van der Waals surface area contributed by atoms with Crippen molar-refractivity contribution in [3.63, 3.8) is 0 Å². The van der Waals surface area contributed by atoms with Gasteiger partial charge in [-0.15, -0.1) is 10.2 Å². The molecule has 1 aliphatic rings. The van der Waals surface area contributed by atoms with Gasteiger partial charge in [0.2, 0.25) is 5.13 Å². The van der Waals surface area contributed by atoms with Gasteiger partial charge in [-0.1, -0.05) is 25.2 Å². The Labute approximate surface area is 114 Å². The number of carbonyl (C=O) groups excluding carboxylic acids is 1. The second-order valence-electron chi connectivity index (χ2n) is 5.20. The zero-order valence-corrected chi connectivity index (χ0v) is 11.6. The highest BCUT2D eigenvalue weighted by Crippen LogP contribution is 2.35. The Bertz CT molecular complexity index is 474. The molecular formula is C11H16N4O3S.